The third-order valence-corrected chi connectivity index (χ3v) is 5.00. The highest BCUT2D eigenvalue weighted by Crippen LogP contribution is 2.15. The summed E-state index contributed by atoms with van der Waals surface area (Å²) in [6, 6.07) is 15.8. The van der Waals surface area contributed by atoms with E-state index in [-0.39, 0.29) is 5.56 Å². The van der Waals surface area contributed by atoms with E-state index in [0.717, 1.165) is 21.6 Å². The van der Waals surface area contributed by atoms with Crippen LogP contribution in [0.25, 0.3) is 22.1 Å². The van der Waals surface area contributed by atoms with Crippen molar-refractivity contribution in [1.29, 1.82) is 0 Å². The number of fused-ring (bicyclic) bond motifs is 3. The first-order valence-electron chi connectivity index (χ1n) is 6.40. The monoisotopic (exact) mass is 404 g/mol. The quantitative estimate of drug-likeness (QED) is 0.457. The van der Waals surface area contributed by atoms with Crippen molar-refractivity contribution < 1.29 is 0 Å². The minimum Gasteiger partial charge on any atom is -0.267 e. The minimum absolute atomic E-state index is 0.00208. The van der Waals surface area contributed by atoms with Crippen LogP contribution >= 0.6 is 33.9 Å². The summed E-state index contributed by atoms with van der Waals surface area (Å²) in [4.78, 5) is 17.8. The molecule has 0 radical (unpaired) electrons. The van der Waals surface area contributed by atoms with Crippen molar-refractivity contribution in [2.75, 3.05) is 0 Å². The molecule has 0 bridgehead atoms. The normalized spacial score (nSPS) is 12.5. The summed E-state index contributed by atoms with van der Waals surface area (Å²) in [5.41, 5.74) is 2.77. The van der Waals surface area contributed by atoms with Gasteiger partial charge >= 0.3 is 0 Å². The van der Waals surface area contributed by atoms with Gasteiger partial charge in [-0.15, -0.1) is 0 Å². The number of imidazole rings is 1. The van der Waals surface area contributed by atoms with Gasteiger partial charge in [0, 0.05) is 3.57 Å². The molecule has 0 spiro atoms. The number of rotatable bonds is 1. The molecular formula is C16H9IN2OS. The van der Waals surface area contributed by atoms with Gasteiger partial charge in [-0.3, -0.25) is 4.79 Å². The standard InChI is InChI=1S/C16H9IN2OS/c17-11-7-5-10(6-8-11)9-14-15(20)19-13-4-2-1-3-12(13)18-16(19)21-14/h1-9H/b14-9-. The van der Waals surface area contributed by atoms with E-state index in [2.05, 4.69) is 27.6 Å². The number of para-hydroxylation sites is 2. The van der Waals surface area contributed by atoms with Crippen molar-refractivity contribution in [1.82, 2.24) is 9.38 Å². The second-order valence-corrected chi connectivity index (χ2v) is 6.94. The van der Waals surface area contributed by atoms with Gasteiger partial charge in [-0.05, 0) is 58.5 Å². The van der Waals surface area contributed by atoms with Gasteiger partial charge in [0.25, 0.3) is 5.56 Å². The summed E-state index contributed by atoms with van der Waals surface area (Å²) in [6.45, 7) is 0. The highest BCUT2D eigenvalue weighted by Gasteiger charge is 2.10. The van der Waals surface area contributed by atoms with Gasteiger partial charge in [0.1, 0.15) is 0 Å². The number of thiazole rings is 1. The predicted molar refractivity (Wildman–Crippen MR) is 94.8 cm³/mol. The molecule has 0 unspecified atom stereocenters. The van der Waals surface area contributed by atoms with E-state index in [9.17, 15) is 4.79 Å². The molecule has 0 saturated heterocycles. The van der Waals surface area contributed by atoms with Gasteiger partial charge in [0.15, 0.2) is 4.96 Å². The van der Waals surface area contributed by atoms with Crippen molar-refractivity contribution in [3.05, 3.63) is 72.6 Å². The highest BCUT2D eigenvalue weighted by atomic mass is 127. The molecule has 2 aromatic carbocycles. The molecule has 2 heterocycles. The van der Waals surface area contributed by atoms with Crippen LogP contribution in [0.15, 0.2) is 53.3 Å². The first-order chi connectivity index (χ1) is 10.2. The zero-order valence-corrected chi connectivity index (χ0v) is 13.8. The van der Waals surface area contributed by atoms with Gasteiger partial charge in [0.2, 0.25) is 0 Å². The summed E-state index contributed by atoms with van der Waals surface area (Å²) in [7, 11) is 0. The Hall–Kier alpha value is -1.73. The fraction of sp³-hybridized carbons (Fsp3) is 0. The average molecular weight is 404 g/mol. The molecule has 5 heteroatoms. The number of hydrogen-bond donors (Lipinski definition) is 0. The van der Waals surface area contributed by atoms with Crippen molar-refractivity contribution >= 4 is 56.0 Å². The summed E-state index contributed by atoms with van der Waals surface area (Å²) < 4.78 is 3.59. The molecule has 0 amide bonds. The zero-order valence-electron chi connectivity index (χ0n) is 10.8. The zero-order chi connectivity index (χ0) is 14.4. The van der Waals surface area contributed by atoms with Crippen LogP contribution in [0.2, 0.25) is 0 Å². The average Bonchev–Trinajstić information content (AvgIpc) is 2.99. The van der Waals surface area contributed by atoms with E-state index in [1.807, 2.05) is 54.6 Å². The lowest BCUT2D eigenvalue weighted by Gasteiger charge is -1.91. The molecular weight excluding hydrogens is 395 g/mol. The summed E-state index contributed by atoms with van der Waals surface area (Å²) >= 11 is 3.70. The number of halogens is 1. The molecule has 4 aromatic rings. The van der Waals surface area contributed by atoms with Crippen LogP contribution < -0.4 is 10.1 Å². The Morgan fingerprint density at radius 3 is 2.67 bits per heavy atom. The van der Waals surface area contributed by atoms with Crippen LogP contribution in [0.5, 0.6) is 0 Å². The summed E-state index contributed by atoms with van der Waals surface area (Å²) in [5.74, 6) is 0. The molecule has 4 rings (SSSR count). The molecule has 0 aliphatic heterocycles. The van der Waals surface area contributed by atoms with Gasteiger partial charge in [-0.1, -0.05) is 35.6 Å². The molecule has 0 N–H and O–H groups in total. The van der Waals surface area contributed by atoms with Crippen LogP contribution in [0.4, 0.5) is 0 Å². The molecule has 102 valence electrons. The van der Waals surface area contributed by atoms with Crippen LogP contribution in [0.1, 0.15) is 5.56 Å². The Balaban J connectivity index is 2.00. The lowest BCUT2D eigenvalue weighted by atomic mass is 10.2. The fourth-order valence-corrected chi connectivity index (χ4v) is 3.67. The Morgan fingerprint density at radius 2 is 1.86 bits per heavy atom. The molecule has 0 saturated carbocycles. The van der Waals surface area contributed by atoms with Crippen molar-refractivity contribution in [3.8, 4) is 0 Å². The molecule has 2 aromatic heterocycles. The molecule has 0 atom stereocenters. The number of aromatic nitrogens is 2. The second-order valence-electron chi connectivity index (χ2n) is 4.69. The van der Waals surface area contributed by atoms with Gasteiger partial charge in [0.05, 0.1) is 15.6 Å². The van der Waals surface area contributed by atoms with Crippen LogP contribution in [0, 0.1) is 3.57 Å². The minimum atomic E-state index is 0.00208. The van der Waals surface area contributed by atoms with E-state index in [1.54, 1.807) is 4.40 Å². The molecule has 0 aliphatic carbocycles. The number of nitrogens with zero attached hydrogens (tertiary/aromatic N) is 2. The van der Waals surface area contributed by atoms with Crippen molar-refractivity contribution in [3.63, 3.8) is 0 Å². The lowest BCUT2D eigenvalue weighted by Crippen LogP contribution is -2.22. The van der Waals surface area contributed by atoms with Crippen LogP contribution in [-0.4, -0.2) is 9.38 Å². The smallest absolute Gasteiger partial charge is 0.267 e. The van der Waals surface area contributed by atoms with Crippen LogP contribution in [0.3, 0.4) is 0 Å². The van der Waals surface area contributed by atoms with E-state index in [1.165, 1.54) is 14.9 Å². The Morgan fingerprint density at radius 1 is 1.10 bits per heavy atom. The number of benzene rings is 2. The Labute approximate surface area is 137 Å². The van der Waals surface area contributed by atoms with E-state index in [4.69, 9.17) is 0 Å². The van der Waals surface area contributed by atoms with Gasteiger partial charge < -0.3 is 0 Å². The molecule has 0 fully saturated rings. The van der Waals surface area contributed by atoms with Gasteiger partial charge in [-0.2, -0.15) is 0 Å². The maximum atomic E-state index is 12.6. The predicted octanol–water partition coefficient (Wildman–Crippen LogP) is 3.06. The molecule has 0 aliphatic rings. The maximum absolute atomic E-state index is 12.6. The summed E-state index contributed by atoms with van der Waals surface area (Å²) in [5, 5.41) is 0. The fourth-order valence-electron chi connectivity index (χ4n) is 2.32. The third-order valence-electron chi connectivity index (χ3n) is 3.31. The summed E-state index contributed by atoms with van der Waals surface area (Å²) in [6.07, 6.45) is 1.92. The Bertz CT molecular complexity index is 1060. The maximum Gasteiger partial charge on any atom is 0.274 e. The van der Waals surface area contributed by atoms with E-state index < -0.39 is 0 Å². The van der Waals surface area contributed by atoms with Crippen LogP contribution in [-0.2, 0) is 0 Å². The third kappa shape index (κ3) is 2.16. The first kappa shape index (κ1) is 13.0. The first-order valence-corrected chi connectivity index (χ1v) is 8.29. The molecule has 3 nitrogen and oxygen atoms in total. The topological polar surface area (TPSA) is 34.4 Å². The van der Waals surface area contributed by atoms with E-state index >= 15 is 0 Å². The second kappa shape index (κ2) is 4.92. The lowest BCUT2D eigenvalue weighted by molar-refractivity contribution is 1.19. The molecule has 21 heavy (non-hydrogen) atoms. The van der Waals surface area contributed by atoms with E-state index in [0.29, 0.717) is 4.53 Å². The van der Waals surface area contributed by atoms with Crippen molar-refractivity contribution in [2.24, 2.45) is 0 Å². The number of hydrogen-bond acceptors (Lipinski definition) is 3. The Kier molecular flexibility index (Phi) is 3.04. The highest BCUT2D eigenvalue weighted by molar-refractivity contribution is 14.1. The van der Waals surface area contributed by atoms with Gasteiger partial charge in [-0.25, -0.2) is 9.38 Å². The van der Waals surface area contributed by atoms with Crippen molar-refractivity contribution in [2.45, 2.75) is 0 Å². The SMILES string of the molecule is O=c1/c(=C/c2ccc(I)cc2)sc2nc3ccccc3n12. The largest absolute Gasteiger partial charge is 0.274 e.